The highest BCUT2D eigenvalue weighted by Crippen LogP contribution is 1.98. The molecule has 1 aliphatic heterocycles. The predicted molar refractivity (Wildman–Crippen MR) is 70.4 cm³/mol. The van der Waals surface area contributed by atoms with Gasteiger partial charge in [-0.1, -0.05) is 6.08 Å². The lowest BCUT2D eigenvalue weighted by atomic mass is 10.2. The third-order valence-corrected chi connectivity index (χ3v) is 2.50. The van der Waals surface area contributed by atoms with Gasteiger partial charge < -0.3 is 15.5 Å². The minimum Gasteiger partial charge on any atom is -0.335 e. The van der Waals surface area contributed by atoms with Crippen LogP contribution in [0.25, 0.3) is 0 Å². The first-order chi connectivity index (χ1) is 8.08. The van der Waals surface area contributed by atoms with Gasteiger partial charge in [-0.3, -0.25) is 4.99 Å². The van der Waals surface area contributed by atoms with E-state index in [0.717, 1.165) is 31.6 Å². The number of rotatable bonds is 5. The second-order valence-electron chi connectivity index (χ2n) is 4.57. The van der Waals surface area contributed by atoms with Crippen molar-refractivity contribution in [2.24, 2.45) is 4.99 Å². The van der Waals surface area contributed by atoms with Crippen molar-refractivity contribution in [1.29, 1.82) is 0 Å². The Morgan fingerprint density at radius 1 is 1.59 bits per heavy atom. The van der Waals surface area contributed by atoms with Crippen molar-refractivity contribution in [1.82, 2.24) is 15.5 Å². The zero-order valence-corrected chi connectivity index (χ0v) is 10.9. The monoisotopic (exact) mass is 238 g/mol. The van der Waals surface area contributed by atoms with E-state index in [1.54, 1.807) is 6.21 Å². The maximum Gasteiger partial charge on any atom is 0.319 e. The summed E-state index contributed by atoms with van der Waals surface area (Å²) >= 11 is 0. The van der Waals surface area contributed by atoms with Gasteiger partial charge in [-0.2, -0.15) is 0 Å². The molecule has 0 radical (unpaired) electrons. The van der Waals surface area contributed by atoms with Crippen LogP contribution in [0.1, 0.15) is 19.8 Å². The molecule has 96 valence electrons. The number of nitrogens with one attached hydrogen (secondary N) is 2. The SMILES string of the molecule is C[C@@H](CCN(C)C)NC(=O)NC1=CCCN=C1. The molecule has 0 aromatic heterocycles. The average molecular weight is 238 g/mol. The number of hydrogen-bond donors (Lipinski definition) is 2. The van der Waals surface area contributed by atoms with Gasteiger partial charge in [-0.05, 0) is 40.4 Å². The van der Waals surface area contributed by atoms with E-state index in [1.165, 1.54) is 0 Å². The molecule has 0 spiro atoms. The van der Waals surface area contributed by atoms with Gasteiger partial charge in [0.25, 0.3) is 0 Å². The van der Waals surface area contributed by atoms with E-state index in [1.807, 2.05) is 27.1 Å². The van der Waals surface area contributed by atoms with Crippen LogP contribution in [0.2, 0.25) is 0 Å². The fourth-order valence-corrected chi connectivity index (χ4v) is 1.51. The number of aliphatic imine (C=N–C) groups is 1. The molecular formula is C12H22N4O. The summed E-state index contributed by atoms with van der Waals surface area (Å²) in [6, 6.07) is 0.00869. The molecule has 1 heterocycles. The zero-order chi connectivity index (χ0) is 12.7. The first-order valence-electron chi connectivity index (χ1n) is 6.00. The molecular weight excluding hydrogens is 216 g/mol. The topological polar surface area (TPSA) is 56.7 Å². The third-order valence-electron chi connectivity index (χ3n) is 2.50. The fourth-order valence-electron chi connectivity index (χ4n) is 1.51. The summed E-state index contributed by atoms with van der Waals surface area (Å²) in [5.41, 5.74) is 0.786. The van der Waals surface area contributed by atoms with Gasteiger partial charge in [-0.25, -0.2) is 4.79 Å². The summed E-state index contributed by atoms with van der Waals surface area (Å²) < 4.78 is 0. The van der Waals surface area contributed by atoms with E-state index in [-0.39, 0.29) is 12.1 Å². The van der Waals surface area contributed by atoms with E-state index in [9.17, 15) is 4.79 Å². The summed E-state index contributed by atoms with van der Waals surface area (Å²) in [6.07, 6.45) is 5.51. The Hall–Kier alpha value is -1.36. The van der Waals surface area contributed by atoms with Gasteiger partial charge in [0, 0.05) is 18.8 Å². The Balaban J connectivity index is 2.24. The molecule has 0 saturated carbocycles. The van der Waals surface area contributed by atoms with E-state index in [4.69, 9.17) is 0 Å². The van der Waals surface area contributed by atoms with E-state index in [0.29, 0.717) is 0 Å². The summed E-state index contributed by atoms with van der Waals surface area (Å²) in [5.74, 6) is 0. The Kier molecular flexibility index (Phi) is 5.69. The lowest BCUT2D eigenvalue weighted by molar-refractivity contribution is 0.238. The quantitative estimate of drug-likeness (QED) is 0.750. The van der Waals surface area contributed by atoms with Gasteiger partial charge in [0.1, 0.15) is 0 Å². The number of allylic oxidation sites excluding steroid dienone is 1. The van der Waals surface area contributed by atoms with Crippen molar-refractivity contribution in [2.75, 3.05) is 27.2 Å². The van der Waals surface area contributed by atoms with Crippen LogP contribution < -0.4 is 10.6 Å². The van der Waals surface area contributed by atoms with Crippen molar-refractivity contribution in [2.45, 2.75) is 25.8 Å². The molecule has 2 amide bonds. The summed E-state index contributed by atoms with van der Waals surface area (Å²) in [5, 5.41) is 5.69. The molecule has 0 aliphatic carbocycles. The molecule has 0 bridgehead atoms. The Morgan fingerprint density at radius 2 is 2.35 bits per heavy atom. The highest BCUT2D eigenvalue weighted by Gasteiger charge is 2.08. The number of hydrogen-bond acceptors (Lipinski definition) is 3. The highest BCUT2D eigenvalue weighted by atomic mass is 16.2. The Bertz CT molecular complexity index is 310. The van der Waals surface area contributed by atoms with Crippen molar-refractivity contribution < 1.29 is 4.79 Å². The zero-order valence-electron chi connectivity index (χ0n) is 10.9. The second kappa shape index (κ2) is 7.06. The molecule has 0 aromatic rings. The molecule has 0 unspecified atom stereocenters. The van der Waals surface area contributed by atoms with Crippen molar-refractivity contribution in [3.63, 3.8) is 0 Å². The molecule has 1 aliphatic rings. The molecule has 0 fully saturated rings. The Labute approximate surface area is 103 Å². The van der Waals surface area contributed by atoms with Crippen LogP contribution in [0, 0.1) is 0 Å². The first-order valence-corrected chi connectivity index (χ1v) is 6.00. The minimum atomic E-state index is -0.157. The number of carbonyl (C=O) groups excluding carboxylic acids is 1. The molecule has 5 heteroatoms. The van der Waals surface area contributed by atoms with Crippen molar-refractivity contribution >= 4 is 12.2 Å². The maximum absolute atomic E-state index is 11.6. The first kappa shape index (κ1) is 13.7. The molecule has 0 saturated heterocycles. The molecule has 5 nitrogen and oxygen atoms in total. The van der Waals surface area contributed by atoms with Gasteiger partial charge >= 0.3 is 6.03 Å². The van der Waals surface area contributed by atoms with Gasteiger partial charge in [0.15, 0.2) is 0 Å². The molecule has 2 N–H and O–H groups in total. The van der Waals surface area contributed by atoms with E-state index < -0.39 is 0 Å². The smallest absolute Gasteiger partial charge is 0.319 e. The predicted octanol–water partition coefficient (Wildman–Crippen LogP) is 0.984. The number of dihydropyridines is 1. The summed E-state index contributed by atoms with van der Waals surface area (Å²) in [4.78, 5) is 17.8. The third kappa shape index (κ3) is 6.06. The van der Waals surface area contributed by atoms with Crippen LogP contribution in [0.4, 0.5) is 4.79 Å². The van der Waals surface area contributed by atoms with Crippen LogP contribution in [0.3, 0.4) is 0 Å². The number of nitrogens with zero attached hydrogens (tertiary/aromatic N) is 2. The lowest BCUT2D eigenvalue weighted by Crippen LogP contribution is -2.41. The minimum absolute atomic E-state index is 0.157. The van der Waals surface area contributed by atoms with Crippen LogP contribution >= 0.6 is 0 Å². The molecule has 0 aromatic carbocycles. The Morgan fingerprint density at radius 3 is 2.94 bits per heavy atom. The molecule has 1 rings (SSSR count). The summed E-state index contributed by atoms with van der Waals surface area (Å²) in [6.45, 7) is 3.78. The van der Waals surface area contributed by atoms with Gasteiger partial charge in [0.2, 0.25) is 0 Å². The second-order valence-corrected chi connectivity index (χ2v) is 4.57. The normalized spacial score (nSPS) is 16.6. The molecule has 17 heavy (non-hydrogen) atoms. The summed E-state index contributed by atoms with van der Waals surface area (Å²) in [7, 11) is 4.05. The van der Waals surface area contributed by atoms with Crippen LogP contribution in [0.15, 0.2) is 16.8 Å². The van der Waals surface area contributed by atoms with Crippen LogP contribution in [-0.2, 0) is 0 Å². The average Bonchev–Trinajstić information content (AvgIpc) is 2.27. The largest absolute Gasteiger partial charge is 0.335 e. The number of carbonyl (C=O) groups is 1. The molecule has 1 atom stereocenters. The highest BCUT2D eigenvalue weighted by molar-refractivity contribution is 5.87. The lowest BCUT2D eigenvalue weighted by Gasteiger charge is -2.17. The van der Waals surface area contributed by atoms with Gasteiger partial charge in [0.05, 0.1) is 5.70 Å². The van der Waals surface area contributed by atoms with Crippen molar-refractivity contribution in [3.05, 3.63) is 11.8 Å². The number of urea groups is 1. The standard InChI is InChI=1S/C12H22N4O/c1-10(6-8-16(2)3)14-12(17)15-11-5-4-7-13-9-11/h5,9-10H,4,6-8H2,1-3H3,(H2,14,15,17)/t10-/m0/s1. The van der Waals surface area contributed by atoms with E-state index in [2.05, 4.69) is 20.5 Å². The van der Waals surface area contributed by atoms with Gasteiger partial charge in [-0.15, -0.1) is 0 Å². The van der Waals surface area contributed by atoms with E-state index >= 15 is 0 Å². The van der Waals surface area contributed by atoms with Crippen molar-refractivity contribution in [3.8, 4) is 0 Å². The fraction of sp³-hybridized carbons (Fsp3) is 0.667. The maximum atomic E-state index is 11.6. The van der Waals surface area contributed by atoms with Crippen LogP contribution in [-0.4, -0.2) is 50.4 Å². The van der Waals surface area contributed by atoms with Crippen LogP contribution in [0.5, 0.6) is 0 Å². The number of amides is 2.